The summed E-state index contributed by atoms with van der Waals surface area (Å²) in [6.45, 7) is 6.30. The van der Waals surface area contributed by atoms with Gasteiger partial charge >= 0.3 is 0 Å². The number of aliphatic imine (C=N–C) groups is 1. The first-order valence-electron chi connectivity index (χ1n) is 10.3. The molecular weight excluding hydrogens is 402 g/mol. The molecular formula is C22H30ClN5O2. The summed E-state index contributed by atoms with van der Waals surface area (Å²) in [7, 11) is 1.67. The lowest BCUT2D eigenvalue weighted by Gasteiger charge is -2.20. The highest BCUT2D eigenvalue weighted by Crippen LogP contribution is 2.25. The molecule has 0 aliphatic carbocycles. The van der Waals surface area contributed by atoms with Crippen LogP contribution in [0.25, 0.3) is 0 Å². The van der Waals surface area contributed by atoms with Crippen LogP contribution in [-0.2, 0) is 11.3 Å². The molecule has 1 fully saturated rings. The molecule has 0 spiro atoms. The highest BCUT2D eigenvalue weighted by atomic mass is 35.5. The molecule has 30 heavy (non-hydrogen) atoms. The number of guanidine groups is 1. The van der Waals surface area contributed by atoms with Crippen LogP contribution in [0.5, 0.6) is 5.75 Å². The van der Waals surface area contributed by atoms with E-state index in [1.165, 1.54) is 0 Å². The Labute approximate surface area is 183 Å². The van der Waals surface area contributed by atoms with Gasteiger partial charge in [0.15, 0.2) is 5.96 Å². The highest BCUT2D eigenvalue weighted by molar-refractivity contribution is 6.32. The molecule has 1 atom stereocenters. The van der Waals surface area contributed by atoms with Gasteiger partial charge in [-0.1, -0.05) is 23.7 Å². The van der Waals surface area contributed by atoms with Crippen LogP contribution in [0.4, 0.5) is 5.82 Å². The number of hydrogen-bond donors (Lipinski definition) is 2. The van der Waals surface area contributed by atoms with E-state index in [0.717, 1.165) is 49.1 Å². The number of aromatic nitrogens is 1. The molecule has 2 aromatic rings. The standard InChI is InChI=1S/C22H30ClN5O2/c1-3-24-22(26-11-13-30-16-17-6-4-7-19(14-17)29-2)27-18-9-12-28(15-18)21-20(23)8-5-10-25-21/h4-8,10,14,18H,3,9,11-13,15-16H2,1-2H3,(H2,24,26,27). The average molecular weight is 432 g/mol. The van der Waals surface area contributed by atoms with E-state index < -0.39 is 0 Å². The smallest absolute Gasteiger partial charge is 0.191 e. The molecule has 1 aromatic carbocycles. The summed E-state index contributed by atoms with van der Waals surface area (Å²) in [6.07, 6.45) is 2.78. The Bertz CT molecular complexity index is 833. The molecule has 0 amide bonds. The SMILES string of the molecule is CCNC(=NCCOCc1cccc(OC)c1)NC1CCN(c2ncccc2Cl)C1. The van der Waals surface area contributed by atoms with Crippen LogP contribution < -0.4 is 20.3 Å². The van der Waals surface area contributed by atoms with Crippen LogP contribution in [0, 0.1) is 0 Å². The summed E-state index contributed by atoms with van der Waals surface area (Å²) < 4.78 is 11.0. The van der Waals surface area contributed by atoms with Crippen LogP contribution in [0.3, 0.4) is 0 Å². The number of benzene rings is 1. The third kappa shape index (κ3) is 6.50. The Balaban J connectivity index is 1.44. The Hall–Kier alpha value is -2.51. The van der Waals surface area contributed by atoms with E-state index in [9.17, 15) is 0 Å². The maximum atomic E-state index is 6.29. The number of pyridine rings is 1. The molecule has 8 heteroatoms. The van der Waals surface area contributed by atoms with Crippen LogP contribution in [0.15, 0.2) is 47.6 Å². The Morgan fingerprint density at radius 1 is 1.33 bits per heavy atom. The summed E-state index contributed by atoms with van der Waals surface area (Å²) in [5.41, 5.74) is 1.09. The number of hydrogen-bond acceptors (Lipinski definition) is 5. The molecule has 1 aliphatic rings. The van der Waals surface area contributed by atoms with Crippen LogP contribution in [-0.4, -0.2) is 56.9 Å². The zero-order valence-corrected chi connectivity index (χ0v) is 18.4. The predicted molar refractivity (Wildman–Crippen MR) is 122 cm³/mol. The van der Waals surface area contributed by atoms with E-state index in [2.05, 4.69) is 32.4 Å². The van der Waals surface area contributed by atoms with E-state index in [4.69, 9.17) is 21.1 Å². The summed E-state index contributed by atoms with van der Waals surface area (Å²) in [5.74, 6) is 2.49. The van der Waals surface area contributed by atoms with Gasteiger partial charge in [-0.2, -0.15) is 0 Å². The summed E-state index contributed by atoms with van der Waals surface area (Å²) in [4.78, 5) is 11.3. The van der Waals surface area contributed by atoms with Crippen molar-refractivity contribution >= 4 is 23.4 Å². The zero-order chi connectivity index (χ0) is 21.2. The van der Waals surface area contributed by atoms with Crippen molar-refractivity contribution in [3.05, 3.63) is 53.2 Å². The zero-order valence-electron chi connectivity index (χ0n) is 17.6. The molecule has 7 nitrogen and oxygen atoms in total. The first-order chi connectivity index (χ1) is 14.7. The van der Waals surface area contributed by atoms with E-state index >= 15 is 0 Å². The van der Waals surface area contributed by atoms with Gasteiger partial charge in [0, 0.05) is 31.9 Å². The summed E-state index contributed by atoms with van der Waals surface area (Å²) in [5, 5.41) is 7.51. The van der Waals surface area contributed by atoms with Gasteiger partial charge in [0.1, 0.15) is 11.6 Å². The molecule has 0 radical (unpaired) electrons. The van der Waals surface area contributed by atoms with Gasteiger partial charge < -0.3 is 25.0 Å². The fourth-order valence-electron chi connectivity index (χ4n) is 3.37. The number of ether oxygens (including phenoxy) is 2. The number of anilines is 1. The lowest BCUT2D eigenvalue weighted by Crippen LogP contribution is -2.44. The third-order valence-corrected chi connectivity index (χ3v) is 5.12. The van der Waals surface area contributed by atoms with Gasteiger partial charge in [-0.15, -0.1) is 0 Å². The second kappa shape index (κ2) is 11.6. The van der Waals surface area contributed by atoms with Crippen molar-refractivity contribution in [3.63, 3.8) is 0 Å². The molecule has 1 aliphatic heterocycles. The maximum absolute atomic E-state index is 6.29. The molecule has 1 saturated heterocycles. The Kier molecular flexibility index (Phi) is 8.59. The monoisotopic (exact) mass is 431 g/mol. The van der Waals surface area contributed by atoms with Crippen molar-refractivity contribution in [2.45, 2.75) is 26.0 Å². The van der Waals surface area contributed by atoms with Gasteiger partial charge in [0.2, 0.25) is 0 Å². The number of nitrogens with one attached hydrogen (secondary N) is 2. The van der Waals surface area contributed by atoms with Crippen molar-refractivity contribution in [2.24, 2.45) is 4.99 Å². The van der Waals surface area contributed by atoms with Crippen molar-refractivity contribution in [1.29, 1.82) is 0 Å². The fourth-order valence-corrected chi connectivity index (χ4v) is 3.61. The highest BCUT2D eigenvalue weighted by Gasteiger charge is 2.25. The van der Waals surface area contributed by atoms with E-state index in [0.29, 0.717) is 30.8 Å². The molecule has 1 aromatic heterocycles. The Morgan fingerprint density at radius 3 is 3.03 bits per heavy atom. The van der Waals surface area contributed by atoms with Gasteiger partial charge in [0.05, 0.1) is 31.9 Å². The predicted octanol–water partition coefficient (Wildman–Crippen LogP) is 3.09. The molecule has 0 bridgehead atoms. The molecule has 162 valence electrons. The van der Waals surface area contributed by atoms with Crippen molar-refractivity contribution in [2.75, 3.05) is 44.8 Å². The quantitative estimate of drug-likeness (QED) is 0.361. The van der Waals surface area contributed by atoms with Gasteiger partial charge in [-0.05, 0) is 43.2 Å². The third-order valence-electron chi connectivity index (χ3n) is 4.82. The minimum Gasteiger partial charge on any atom is -0.497 e. The van der Waals surface area contributed by atoms with E-state index in [-0.39, 0.29) is 0 Å². The largest absolute Gasteiger partial charge is 0.497 e. The van der Waals surface area contributed by atoms with Gasteiger partial charge in [-0.3, -0.25) is 4.99 Å². The molecule has 2 heterocycles. The summed E-state index contributed by atoms with van der Waals surface area (Å²) in [6, 6.07) is 11.9. The second-order valence-corrected chi connectivity index (χ2v) is 7.46. The first-order valence-corrected chi connectivity index (χ1v) is 10.7. The summed E-state index contributed by atoms with van der Waals surface area (Å²) >= 11 is 6.29. The van der Waals surface area contributed by atoms with Crippen LogP contribution in [0.1, 0.15) is 18.9 Å². The minimum absolute atomic E-state index is 0.290. The van der Waals surface area contributed by atoms with Gasteiger partial charge in [0.25, 0.3) is 0 Å². The van der Waals surface area contributed by atoms with Crippen molar-refractivity contribution < 1.29 is 9.47 Å². The minimum atomic E-state index is 0.290. The molecule has 3 rings (SSSR count). The lowest BCUT2D eigenvalue weighted by atomic mass is 10.2. The molecule has 0 saturated carbocycles. The Morgan fingerprint density at radius 2 is 2.23 bits per heavy atom. The number of rotatable bonds is 9. The first kappa shape index (κ1) is 22.2. The van der Waals surface area contributed by atoms with E-state index in [1.54, 1.807) is 13.3 Å². The molecule has 1 unspecified atom stereocenters. The lowest BCUT2D eigenvalue weighted by molar-refractivity contribution is 0.128. The van der Waals surface area contributed by atoms with Crippen LogP contribution >= 0.6 is 11.6 Å². The van der Waals surface area contributed by atoms with Gasteiger partial charge in [-0.25, -0.2) is 4.98 Å². The normalized spacial score (nSPS) is 16.6. The molecule has 2 N–H and O–H groups in total. The van der Waals surface area contributed by atoms with E-state index in [1.807, 2.05) is 36.4 Å². The maximum Gasteiger partial charge on any atom is 0.191 e. The number of nitrogens with zero attached hydrogens (tertiary/aromatic N) is 3. The second-order valence-electron chi connectivity index (χ2n) is 7.05. The fraction of sp³-hybridized carbons (Fsp3) is 0.455. The van der Waals surface area contributed by atoms with Crippen LogP contribution in [0.2, 0.25) is 5.02 Å². The topological polar surface area (TPSA) is 71.0 Å². The number of halogens is 1. The van der Waals surface area contributed by atoms with Crippen molar-refractivity contribution in [1.82, 2.24) is 15.6 Å². The average Bonchev–Trinajstić information content (AvgIpc) is 3.22. The van der Waals surface area contributed by atoms with Crippen molar-refractivity contribution in [3.8, 4) is 5.75 Å². The number of methoxy groups -OCH3 is 1.